The van der Waals surface area contributed by atoms with E-state index in [-0.39, 0.29) is 24.7 Å². The van der Waals surface area contributed by atoms with E-state index in [0.29, 0.717) is 18.7 Å². The van der Waals surface area contributed by atoms with Crippen LogP contribution in [-0.2, 0) is 21.4 Å². The van der Waals surface area contributed by atoms with Gasteiger partial charge in [0.05, 0.1) is 6.54 Å². The van der Waals surface area contributed by atoms with Crippen LogP contribution >= 0.6 is 0 Å². The number of carbonyl (C=O) groups is 1. The Kier molecular flexibility index (Phi) is 5.86. The summed E-state index contributed by atoms with van der Waals surface area (Å²) in [6, 6.07) is 13.9. The molecule has 2 aromatic carbocycles. The largest absolute Gasteiger partial charge is 0.508 e. The van der Waals surface area contributed by atoms with Crippen molar-refractivity contribution in [2.24, 2.45) is 0 Å². The van der Waals surface area contributed by atoms with Crippen molar-refractivity contribution in [2.45, 2.75) is 18.7 Å². The maximum atomic E-state index is 13.1. The number of rotatable bonds is 6. The number of phenolic OH excluding ortho intramolecular Hbond substituents is 1. The number of aryl methyl sites for hydroxylation is 1. The van der Waals surface area contributed by atoms with Crippen molar-refractivity contribution in [3.05, 3.63) is 77.9 Å². The molecule has 1 atom stereocenters. The lowest BCUT2D eigenvalue weighted by atomic mass is 10.1. The highest BCUT2D eigenvalue weighted by molar-refractivity contribution is 7.89. The minimum Gasteiger partial charge on any atom is -0.508 e. The van der Waals surface area contributed by atoms with E-state index in [4.69, 9.17) is 0 Å². The molecule has 1 aliphatic rings. The van der Waals surface area contributed by atoms with Crippen molar-refractivity contribution < 1.29 is 18.3 Å². The molecule has 0 saturated carbocycles. The van der Waals surface area contributed by atoms with E-state index in [9.17, 15) is 18.3 Å². The maximum Gasteiger partial charge on any atom is 0.238 e. The van der Waals surface area contributed by atoms with E-state index in [0.717, 1.165) is 11.1 Å². The predicted molar refractivity (Wildman–Crippen MR) is 108 cm³/mol. The number of amides is 1. The molecule has 2 aromatic rings. The average Bonchev–Trinajstić information content (AvgIpc) is 2.67. The summed E-state index contributed by atoms with van der Waals surface area (Å²) in [5, 5.41) is 8.48. The molecule has 0 aromatic heterocycles. The molecule has 1 unspecified atom stereocenters. The van der Waals surface area contributed by atoms with Gasteiger partial charge in [-0.05, 0) is 30.2 Å². The lowest BCUT2D eigenvalue weighted by molar-refractivity contribution is -0.134. The quantitative estimate of drug-likeness (QED) is 0.756. The van der Waals surface area contributed by atoms with Crippen LogP contribution in [0.5, 0.6) is 5.75 Å². The van der Waals surface area contributed by atoms with E-state index in [1.165, 1.54) is 10.4 Å². The van der Waals surface area contributed by atoms with Gasteiger partial charge in [-0.25, -0.2) is 8.42 Å². The van der Waals surface area contributed by atoms with E-state index in [2.05, 4.69) is 6.58 Å². The molecule has 3 rings (SSSR count). The van der Waals surface area contributed by atoms with Gasteiger partial charge in [-0.15, -0.1) is 6.58 Å². The third-order valence-corrected chi connectivity index (χ3v) is 7.03. The van der Waals surface area contributed by atoms with E-state index in [1.807, 2.05) is 19.1 Å². The van der Waals surface area contributed by atoms with Crippen LogP contribution in [0.3, 0.4) is 0 Å². The number of benzene rings is 2. The zero-order valence-electron chi connectivity index (χ0n) is 15.8. The average molecular weight is 401 g/mol. The van der Waals surface area contributed by atoms with E-state index < -0.39 is 15.3 Å². The molecule has 1 amide bonds. The van der Waals surface area contributed by atoms with Crippen LogP contribution in [0.1, 0.15) is 21.9 Å². The van der Waals surface area contributed by atoms with Crippen LogP contribution in [0.15, 0.2) is 61.2 Å². The van der Waals surface area contributed by atoms with Gasteiger partial charge in [0.25, 0.3) is 0 Å². The van der Waals surface area contributed by atoms with Gasteiger partial charge in [0.1, 0.15) is 11.0 Å². The molecule has 7 heteroatoms. The summed E-state index contributed by atoms with van der Waals surface area (Å²) in [6.45, 7) is 6.39. The summed E-state index contributed by atoms with van der Waals surface area (Å²) in [4.78, 5) is 14.2. The second-order valence-corrected chi connectivity index (χ2v) is 8.98. The minimum absolute atomic E-state index is 0.164. The van der Waals surface area contributed by atoms with Crippen LogP contribution < -0.4 is 0 Å². The Balaban J connectivity index is 1.72. The number of aromatic hydroxyl groups is 1. The molecule has 1 fully saturated rings. The number of carbonyl (C=O) groups excluding carboxylic acids is 1. The van der Waals surface area contributed by atoms with Gasteiger partial charge in [-0.2, -0.15) is 4.31 Å². The first-order valence-electron chi connectivity index (χ1n) is 9.05. The van der Waals surface area contributed by atoms with Crippen molar-refractivity contribution in [3.63, 3.8) is 0 Å². The molecule has 1 heterocycles. The molecule has 28 heavy (non-hydrogen) atoms. The Morgan fingerprint density at radius 3 is 2.32 bits per heavy atom. The molecule has 0 radical (unpaired) electrons. The Labute approximate surface area is 165 Å². The Morgan fingerprint density at radius 2 is 1.75 bits per heavy atom. The second-order valence-electron chi connectivity index (χ2n) is 6.93. The van der Waals surface area contributed by atoms with Gasteiger partial charge >= 0.3 is 0 Å². The van der Waals surface area contributed by atoms with Crippen LogP contribution in [0, 0.1) is 6.92 Å². The lowest BCUT2D eigenvalue weighted by Gasteiger charge is -2.35. The molecular formula is C21H24N2O4S. The smallest absolute Gasteiger partial charge is 0.238 e. The fourth-order valence-electron chi connectivity index (χ4n) is 3.24. The van der Waals surface area contributed by atoms with Gasteiger partial charge < -0.3 is 10.0 Å². The Bertz CT molecular complexity index is 953. The summed E-state index contributed by atoms with van der Waals surface area (Å²) in [6.07, 6.45) is 1.41. The SMILES string of the molecule is C=CC(c1ccc(C)cc1)S(=O)(=O)N1CCN(Cc2ccc(O)cc2)C(=O)C1. The third kappa shape index (κ3) is 4.26. The molecule has 1 saturated heterocycles. The lowest BCUT2D eigenvalue weighted by Crippen LogP contribution is -2.52. The highest BCUT2D eigenvalue weighted by Gasteiger charge is 2.36. The summed E-state index contributed by atoms with van der Waals surface area (Å²) in [5.41, 5.74) is 2.56. The first-order valence-corrected chi connectivity index (χ1v) is 10.6. The monoisotopic (exact) mass is 400 g/mol. The van der Waals surface area contributed by atoms with Crippen molar-refractivity contribution in [1.82, 2.24) is 9.21 Å². The molecule has 148 valence electrons. The first kappa shape index (κ1) is 20.1. The van der Waals surface area contributed by atoms with Crippen LogP contribution in [0.2, 0.25) is 0 Å². The van der Waals surface area contributed by atoms with Crippen molar-refractivity contribution in [1.29, 1.82) is 0 Å². The van der Waals surface area contributed by atoms with Gasteiger partial charge in [0.2, 0.25) is 15.9 Å². The molecule has 0 aliphatic carbocycles. The Hall–Kier alpha value is -2.64. The predicted octanol–water partition coefficient (Wildman–Crippen LogP) is 2.60. The molecule has 6 nitrogen and oxygen atoms in total. The second kappa shape index (κ2) is 8.16. The number of nitrogens with zero attached hydrogens (tertiary/aromatic N) is 2. The highest BCUT2D eigenvalue weighted by atomic mass is 32.2. The topological polar surface area (TPSA) is 77.9 Å². The van der Waals surface area contributed by atoms with Crippen LogP contribution in [0.4, 0.5) is 0 Å². The van der Waals surface area contributed by atoms with Crippen molar-refractivity contribution >= 4 is 15.9 Å². The molecule has 0 bridgehead atoms. The number of phenols is 1. The molecule has 1 aliphatic heterocycles. The molecule has 0 spiro atoms. The van der Waals surface area contributed by atoms with E-state index in [1.54, 1.807) is 41.3 Å². The highest BCUT2D eigenvalue weighted by Crippen LogP contribution is 2.28. The van der Waals surface area contributed by atoms with Crippen LogP contribution in [0.25, 0.3) is 0 Å². The zero-order valence-corrected chi connectivity index (χ0v) is 16.6. The van der Waals surface area contributed by atoms with Gasteiger partial charge in [0, 0.05) is 19.6 Å². The first-order chi connectivity index (χ1) is 13.3. The summed E-state index contributed by atoms with van der Waals surface area (Å²) < 4.78 is 27.5. The Morgan fingerprint density at radius 1 is 1.11 bits per heavy atom. The zero-order chi connectivity index (χ0) is 20.3. The maximum absolute atomic E-state index is 13.1. The normalized spacial score (nSPS) is 16.8. The van der Waals surface area contributed by atoms with Crippen molar-refractivity contribution in [3.8, 4) is 5.75 Å². The van der Waals surface area contributed by atoms with Gasteiger partial charge in [-0.3, -0.25) is 4.79 Å². The summed E-state index contributed by atoms with van der Waals surface area (Å²) in [7, 11) is -3.74. The van der Waals surface area contributed by atoms with E-state index >= 15 is 0 Å². The number of hydrogen-bond donors (Lipinski definition) is 1. The number of hydrogen-bond acceptors (Lipinski definition) is 4. The fourth-order valence-corrected chi connectivity index (χ4v) is 4.93. The van der Waals surface area contributed by atoms with Crippen LogP contribution in [-0.4, -0.2) is 48.3 Å². The van der Waals surface area contributed by atoms with Gasteiger partial charge in [0.15, 0.2) is 0 Å². The fraction of sp³-hybridized carbons (Fsp3) is 0.286. The minimum atomic E-state index is -3.74. The van der Waals surface area contributed by atoms with Gasteiger partial charge in [-0.1, -0.05) is 48.0 Å². The van der Waals surface area contributed by atoms with Crippen molar-refractivity contribution in [2.75, 3.05) is 19.6 Å². The molecular weight excluding hydrogens is 376 g/mol. The number of sulfonamides is 1. The summed E-state index contributed by atoms with van der Waals surface area (Å²) in [5.74, 6) is -0.0767. The third-order valence-electron chi connectivity index (χ3n) is 4.89. The number of piperazine rings is 1. The standard InChI is InChI=1S/C21H24N2O4S/c1-3-20(18-8-4-16(2)5-9-18)28(26,27)23-13-12-22(21(25)15-23)14-17-6-10-19(24)11-7-17/h3-11,20,24H,1,12-15H2,2H3. The summed E-state index contributed by atoms with van der Waals surface area (Å²) >= 11 is 0. The molecule has 1 N–H and O–H groups in total.